The van der Waals surface area contributed by atoms with Gasteiger partial charge in [-0.3, -0.25) is 9.36 Å². The number of halogens is 1. The molecule has 3 aromatic rings. The fourth-order valence-electron chi connectivity index (χ4n) is 2.37. The van der Waals surface area contributed by atoms with Crippen LogP contribution in [0.2, 0.25) is 5.02 Å². The third-order valence-corrected chi connectivity index (χ3v) is 3.88. The van der Waals surface area contributed by atoms with Crippen LogP contribution in [-0.2, 0) is 17.9 Å². The lowest BCUT2D eigenvalue weighted by Gasteiger charge is -2.17. The molecule has 2 aromatic carbocycles. The Kier molecular flexibility index (Phi) is 4.21. The predicted octanol–water partition coefficient (Wildman–Crippen LogP) is 2.91. The van der Waals surface area contributed by atoms with Gasteiger partial charge in [0.15, 0.2) is 5.58 Å². The number of hydrogen-bond donors (Lipinski definition) is 0. The second-order valence-electron chi connectivity index (χ2n) is 5.30. The van der Waals surface area contributed by atoms with E-state index in [1.807, 2.05) is 12.1 Å². The Morgan fingerprint density at radius 3 is 2.61 bits per heavy atom. The molecule has 23 heavy (non-hydrogen) atoms. The maximum atomic E-state index is 12.4. The fraction of sp³-hybridized carbons (Fsp3) is 0.176. The van der Waals surface area contributed by atoms with Crippen LogP contribution in [0.3, 0.4) is 0 Å². The molecule has 0 atom stereocenters. The van der Waals surface area contributed by atoms with Crippen molar-refractivity contribution in [1.29, 1.82) is 0 Å². The molecule has 0 aliphatic rings. The predicted molar refractivity (Wildman–Crippen MR) is 88.4 cm³/mol. The number of benzene rings is 2. The summed E-state index contributed by atoms with van der Waals surface area (Å²) in [6, 6.07) is 14.3. The first-order valence-corrected chi connectivity index (χ1v) is 7.49. The Hall–Kier alpha value is -2.53. The first-order chi connectivity index (χ1) is 11.0. The van der Waals surface area contributed by atoms with Crippen LogP contribution >= 0.6 is 11.6 Å². The first kappa shape index (κ1) is 15.4. The Balaban J connectivity index is 1.76. The average molecular weight is 331 g/mol. The molecule has 0 aliphatic carbocycles. The summed E-state index contributed by atoms with van der Waals surface area (Å²) >= 11 is 5.85. The van der Waals surface area contributed by atoms with Gasteiger partial charge >= 0.3 is 5.76 Å². The highest BCUT2D eigenvalue weighted by Gasteiger charge is 2.15. The maximum absolute atomic E-state index is 12.4. The number of hydrogen-bond acceptors (Lipinski definition) is 3. The molecule has 0 saturated heterocycles. The zero-order chi connectivity index (χ0) is 16.4. The second-order valence-corrected chi connectivity index (χ2v) is 5.73. The fourth-order valence-corrected chi connectivity index (χ4v) is 2.50. The Labute approximate surface area is 137 Å². The molecule has 0 unspecified atom stereocenters. The summed E-state index contributed by atoms with van der Waals surface area (Å²) in [5.74, 6) is -0.701. The third-order valence-electron chi connectivity index (χ3n) is 3.63. The van der Waals surface area contributed by atoms with E-state index >= 15 is 0 Å². The van der Waals surface area contributed by atoms with E-state index in [0.717, 1.165) is 5.56 Å². The van der Waals surface area contributed by atoms with Crippen molar-refractivity contribution in [3.63, 3.8) is 0 Å². The Morgan fingerprint density at radius 2 is 1.87 bits per heavy atom. The minimum atomic E-state index is -0.528. The minimum Gasteiger partial charge on any atom is -0.408 e. The highest BCUT2D eigenvalue weighted by molar-refractivity contribution is 6.30. The van der Waals surface area contributed by atoms with E-state index in [1.54, 1.807) is 48.3 Å². The van der Waals surface area contributed by atoms with Crippen LogP contribution in [0.25, 0.3) is 11.1 Å². The molecule has 0 bridgehead atoms. The zero-order valence-corrected chi connectivity index (χ0v) is 13.3. The van der Waals surface area contributed by atoms with E-state index < -0.39 is 5.76 Å². The number of oxazole rings is 1. The quantitative estimate of drug-likeness (QED) is 0.739. The van der Waals surface area contributed by atoms with Gasteiger partial charge < -0.3 is 9.32 Å². The van der Waals surface area contributed by atoms with Gasteiger partial charge in [-0.15, -0.1) is 0 Å². The topological polar surface area (TPSA) is 55.5 Å². The second kappa shape index (κ2) is 6.30. The van der Waals surface area contributed by atoms with Crippen LogP contribution in [0.15, 0.2) is 57.7 Å². The van der Waals surface area contributed by atoms with Crippen molar-refractivity contribution in [1.82, 2.24) is 9.47 Å². The summed E-state index contributed by atoms with van der Waals surface area (Å²) < 4.78 is 6.48. The van der Waals surface area contributed by atoms with Crippen LogP contribution in [0, 0.1) is 0 Å². The van der Waals surface area contributed by atoms with E-state index in [9.17, 15) is 9.59 Å². The van der Waals surface area contributed by atoms with E-state index in [0.29, 0.717) is 22.7 Å². The number of nitrogens with zero attached hydrogens (tertiary/aromatic N) is 2. The van der Waals surface area contributed by atoms with Crippen LogP contribution in [0.4, 0.5) is 0 Å². The SMILES string of the molecule is CN(Cc1ccc(Cl)cc1)C(=O)Cn1c(=O)oc2ccccc21. The van der Waals surface area contributed by atoms with Gasteiger partial charge in [0.2, 0.25) is 5.91 Å². The Bertz CT molecular complexity index is 896. The summed E-state index contributed by atoms with van der Waals surface area (Å²) in [5.41, 5.74) is 2.06. The van der Waals surface area contributed by atoms with Crippen LogP contribution < -0.4 is 5.76 Å². The smallest absolute Gasteiger partial charge is 0.408 e. The lowest BCUT2D eigenvalue weighted by molar-refractivity contribution is -0.131. The highest BCUT2D eigenvalue weighted by Crippen LogP contribution is 2.13. The molecule has 1 aromatic heterocycles. The molecule has 5 nitrogen and oxygen atoms in total. The number of para-hydroxylation sites is 2. The number of aromatic nitrogens is 1. The van der Waals surface area contributed by atoms with E-state index in [4.69, 9.17) is 16.0 Å². The molecule has 118 valence electrons. The number of rotatable bonds is 4. The van der Waals surface area contributed by atoms with Gasteiger partial charge in [0.25, 0.3) is 0 Å². The van der Waals surface area contributed by atoms with Crippen molar-refractivity contribution < 1.29 is 9.21 Å². The van der Waals surface area contributed by atoms with E-state index in [1.165, 1.54) is 4.57 Å². The average Bonchev–Trinajstić information content (AvgIpc) is 2.85. The lowest BCUT2D eigenvalue weighted by atomic mass is 10.2. The van der Waals surface area contributed by atoms with Crippen molar-refractivity contribution in [3.8, 4) is 0 Å². The molecule has 1 heterocycles. The summed E-state index contributed by atoms with van der Waals surface area (Å²) in [6.07, 6.45) is 0. The molecule has 0 saturated carbocycles. The highest BCUT2D eigenvalue weighted by atomic mass is 35.5. The lowest BCUT2D eigenvalue weighted by Crippen LogP contribution is -2.32. The largest absolute Gasteiger partial charge is 0.420 e. The van der Waals surface area contributed by atoms with Crippen molar-refractivity contribution >= 4 is 28.6 Å². The van der Waals surface area contributed by atoms with Crippen LogP contribution in [0.1, 0.15) is 5.56 Å². The maximum Gasteiger partial charge on any atom is 0.420 e. The van der Waals surface area contributed by atoms with Gasteiger partial charge in [0.05, 0.1) is 5.52 Å². The number of fused-ring (bicyclic) bond motifs is 1. The van der Waals surface area contributed by atoms with Gasteiger partial charge in [-0.2, -0.15) is 0 Å². The molecule has 0 spiro atoms. The molecule has 0 fully saturated rings. The van der Waals surface area contributed by atoms with E-state index in [-0.39, 0.29) is 12.5 Å². The van der Waals surface area contributed by atoms with Gasteiger partial charge in [0.1, 0.15) is 6.54 Å². The standard InChI is InChI=1S/C17H15ClN2O3/c1-19(10-12-6-8-13(18)9-7-12)16(21)11-20-14-4-2-3-5-15(14)23-17(20)22/h2-9H,10-11H2,1H3. The molecule has 0 radical (unpaired) electrons. The van der Waals surface area contributed by atoms with Crippen LogP contribution in [0.5, 0.6) is 0 Å². The number of carbonyl (C=O) groups excluding carboxylic acids is 1. The van der Waals surface area contributed by atoms with Crippen molar-refractivity contribution in [2.24, 2.45) is 0 Å². The summed E-state index contributed by atoms with van der Waals surface area (Å²) in [7, 11) is 1.70. The summed E-state index contributed by atoms with van der Waals surface area (Å²) in [4.78, 5) is 25.8. The first-order valence-electron chi connectivity index (χ1n) is 7.11. The molecular formula is C17H15ClN2O3. The molecule has 0 N–H and O–H groups in total. The van der Waals surface area contributed by atoms with Gasteiger partial charge in [-0.05, 0) is 29.8 Å². The van der Waals surface area contributed by atoms with Crippen molar-refractivity contribution in [3.05, 3.63) is 69.7 Å². The monoisotopic (exact) mass is 330 g/mol. The Morgan fingerprint density at radius 1 is 1.17 bits per heavy atom. The molecule has 0 aliphatic heterocycles. The summed E-state index contributed by atoms with van der Waals surface area (Å²) in [6.45, 7) is 0.389. The molecule has 6 heteroatoms. The number of carbonyl (C=O) groups is 1. The van der Waals surface area contributed by atoms with Crippen LogP contribution in [-0.4, -0.2) is 22.4 Å². The van der Waals surface area contributed by atoms with Gasteiger partial charge in [0, 0.05) is 18.6 Å². The van der Waals surface area contributed by atoms with E-state index in [2.05, 4.69) is 0 Å². The summed E-state index contributed by atoms with van der Waals surface area (Å²) in [5, 5.41) is 0.652. The van der Waals surface area contributed by atoms with Gasteiger partial charge in [-0.25, -0.2) is 4.79 Å². The zero-order valence-electron chi connectivity index (χ0n) is 12.5. The normalized spacial score (nSPS) is 10.9. The molecule has 1 amide bonds. The minimum absolute atomic E-state index is 0.0556. The van der Waals surface area contributed by atoms with Crippen molar-refractivity contribution in [2.45, 2.75) is 13.1 Å². The van der Waals surface area contributed by atoms with Crippen molar-refractivity contribution in [2.75, 3.05) is 7.05 Å². The molecular weight excluding hydrogens is 316 g/mol. The third kappa shape index (κ3) is 3.29. The van der Waals surface area contributed by atoms with Gasteiger partial charge in [-0.1, -0.05) is 35.9 Å². The number of likely N-dealkylation sites (N-methyl/N-ethyl adjacent to an activating group) is 1. The molecule has 3 rings (SSSR count). The number of amides is 1.